The van der Waals surface area contributed by atoms with Gasteiger partial charge in [0.15, 0.2) is 11.5 Å². The molecule has 0 bridgehead atoms. The molecule has 126 valence electrons. The molecule has 0 spiro atoms. The van der Waals surface area contributed by atoms with Gasteiger partial charge in [0.05, 0.1) is 37.1 Å². The van der Waals surface area contributed by atoms with Crippen LogP contribution in [0.3, 0.4) is 0 Å². The lowest BCUT2D eigenvalue weighted by molar-refractivity contribution is -0.255. The smallest absolute Gasteiger partial charge is 0.179 e. The summed E-state index contributed by atoms with van der Waals surface area (Å²) in [6, 6.07) is 7.72. The van der Waals surface area contributed by atoms with Gasteiger partial charge in [-0.3, -0.25) is 5.43 Å². The lowest BCUT2D eigenvalue weighted by Gasteiger charge is -2.10. The maximum Gasteiger partial charge on any atom is 0.179 e. The Labute approximate surface area is 148 Å². The zero-order valence-electron chi connectivity index (χ0n) is 12.8. The summed E-state index contributed by atoms with van der Waals surface area (Å²) < 4.78 is 10.4. The number of anilines is 1. The number of nitrogens with one attached hydrogen (secondary N) is 1. The Bertz CT molecular complexity index is 794. The predicted octanol–water partition coefficient (Wildman–Crippen LogP) is 2.82. The largest absolute Gasteiger partial charge is 0.545 e. The van der Waals surface area contributed by atoms with Crippen molar-refractivity contribution in [1.29, 1.82) is 0 Å². The lowest BCUT2D eigenvalue weighted by atomic mass is 10.2. The SMILES string of the molecule is COc1cc(C=NNc2ccc(Cl)c(C(=O)[O-])c2)cc(Cl)c1OC. The molecule has 0 unspecified atom stereocenters. The van der Waals surface area contributed by atoms with Gasteiger partial charge in [0.1, 0.15) is 0 Å². The van der Waals surface area contributed by atoms with Crippen molar-refractivity contribution in [3.8, 4) is 11.5 Å². The Balaban J connectivity index is 2.19. The average molecular weight is 368 g/mol. The fraction of sp³-hybridized carbons (Fsp3) is 0.125. The lowest BCUT2D eigenvalue weighted by Crippen LogP contribution is -2.22. The third-order valence-corrected chi connectivity index (χ3v) is 3.66. The molecule has 0 fully saturated rings. The van der Waals surface area contributed by atoms with E-state index in [2.05, 4.69) is 10.5 Å². The van der Waals surface area contributed by atoms with Crippen LogP contribution in [0.4, 0.5) is 5.69 Å². The van der Waals surface area contributed by atoms with Gasteiger partial charge in [0.2, 0.25) is 0 Å². The summed E-state index contributed by atoms with van der Waals surface area (Å²) in [6.07, 6.45) is 1.50. The van der Waals surface area contributed by atoms with E-state index < -0.39 is 5.97 Å². The molecule has 0 radical (unpaired) electrons. The minimum Gasteiger partial charge on any atom is -0.545 e. The fourth-order valence-corrected chi connectivity index (χ4v) is 2.44. The van der Waals surface area contributed by atoms with Crippen LogP contribution < -0.4 is 20.0 Å². The highest BCUT2D eigenvalue weighted by molar-refractivity contribution is 6.33. The van der Waals surface area contributed by atoms with Crippen LogP contribution in [-0.2, 0) is 0 Å². The van der Waals surface area contributed by atoms with Crippen molar-refractivity contribution in [3.05, 3.63) is 51.5 Å². The second-order valence-corrected chi connectivity index (χ2v) is 5.40. The second kappa shape index (κ2) is 7.90. The number of nitrogens with zero attached hydrogens (tertiary/aromatic N) is 1. The molecule has 0 aliphatic carbocycles. The molecule has 0 heterocycles. The Morgan fingerprint density at radius 1 is 1.17 bits per heavy atom. The van der Waals surface area contributed by atoms with Gasteiger partial charge in [0, 0.05) is 10.6 Å². The number of carbonyl (C=O) groups is 1. The molecular weight excluding hydrogens is 355 g/mol. The second-order valence-electron chi connectivity index (χ2n) is 4.59. The van der Waals surface area contributed by atoms with E-state index in [4.69, 9.17) is 32.7 Å². The molecule has 0 aliphatic heterocycles. The summed E-state index contributed by atoms with van der Waals surface area (Å²) in [5.74, 6) is -0.461. The molecule has 1 N–H and O–H groups in total. The van der Waals surface area contributed by atoms with Crippen molar-refractivity contribution in [3.63, 3.8) is 0 Å². The zero-order chi connectivity index (χ0) is 17.7. The van der Waals surface area contributed by atoms with E-state index in [1.54, 1.807) is 18.2 Å². The van der Waals surface area contributed by atoms with Gasteiger partial charge in [0.25, 0.3) is 0 Å². The minimum absolute atomic E-state index is 0.0937. The fourth-order valence-electron chi connectivity index (χ4n) is 1.95. The minimum atomic E-state index is -1.36. The number of hydrogen-bond acceptors (Lipinski definition) is 6. The molecule has 24 heavy (non-hydrogen) atoms. The third-order valence-electron chi connectivity index (χ3n) is 3.05. The number of hydrazone groups is 1. The molecule has 8 heteroatoms. The van der Waals surface area contributed by atoms with E-state index in [-0.39, 0.29) is 10.6 Å². The number of hydrogen-bond donors (Lipinski definition) is 1. The van der Waals surface area contributed by atoms with Crippen LogP contribution in [0.2, 0.25) is 10.0 Å². The Hall–Kier alpha value is -2.44. The molecular formula is C16H13Cl2N2O4-. The predicted molar refractivity (Wildman–Crippen MR) is 91.6 cm³/mol. The van der Waals surface area contributed by atoms with Crippen LogP contribution in [0, 0.1) is 0 Å². The Morgan fingerprint density at radius 2 is 1.92 bits per heavy atom. The van der Waals surface area contributed by atoms with E-state index >= 15 is 0 Å². The summed E-state index contributed by atoms with van der Waals surface area (Å²) in [5.41, 5.74) is 3.70. The van der Waals surface area contributed by atoms with Crippen LogP contribution in [0.5, 0.6) is 11.5 Å². The van der Waals surface area contributed by atoms with Gasteiger partial charge in [-0.15, -0.1) is 0 Å². The van der Waals surface area contributed by atoms with Crippen LogP contribution in [0.15, 0.2) is 35.4 Å². The molecule has 0 saturated carbocycles. The quantitative estimate of drug-likeness (QED) is 0.626. The number of carbonyl (C=O) groups excluding carboxylic acids is 1. The van der Waals surface area contributed by atoms with Crippen molar-refractivity contribution in [2.75, 3.05) is 19.6 Å². The Kier molecular flexibility index (Phi) is 5.89. The third kappa shape index (κ3) is 4.10. The van der Waals surface area contributed by atoms with Crippen molar-refractivity contribution < 1.29 is 19.4 Å². The highest BCUT2D eigenvalue weighted by Crippen LogP contribution is 2.35. The van der Waals surface area contributed by atoms with Crippen LogP contribution >= 0.6 is 23.2 Å². The molecule has 0 aliphatic rings. The number of carboxylic acid groups (broad SMARTS) is 1. The summed E-state index contributed by atoms with van der Waals surface area (Å²) >= 11 is 11.9. The van der Waals surface area contributed by atoms with Gasteiger partial charge >= 0.3 is 0 Å². The van der Waals surface area contributed by atoms with E-state index in [1.807, 2.05) is 0 Å². The average Bonchev–Trinajstić information content (AvgIpc) is 2.55. The first-order valence-electron chi connectivity index (χ1n) is 6.67. The van der Waals surface area contributed by atoms with Gasteiger partial charge in [-0.25, -0.2) is 0 Å². The summed E-state index contributed by atoms with van der Waals surface area (Å²) in [7, 11) is 3.00. The van der Waals surface area contributed by atoms with Crippen molar-refractivity contribution in [2.45, 2.75) is 0 Å². The Morgan fingerprint density at radius 3 is 2.54 bits per heavy atom. The number of ether oxygens (including phenoxy) is 2. The normalized spacial score (nSPS) is 10.7. The number of methoxy groups -OCH3 is 2. The maximum absolute atomic E-state index is 10.9. The molecule has 6 nitrogen and oxygen atoms in total. The molecule has 0 atom stereocenters. The molecule has 2 rings (SSSR count). The summed E-state index contributed by atoms with van der Waals surface area (Å²) in [5, 5.41) is 15.4. The van der Waals surface area contributed by atoms with Gasteiger partial charge in [-0.1, -0.05) is 23.2 Å². The van der Waals surface area contributed by atoms with Crippen molar-refractivity contribution in [1.82, 2.24) is 0 Å². The van der Waals surface area contributed by atoms with Crippen molar-refractivity contribution >= 4 is 41.1 Å². The first kappa shape index (κ1) is 17.9. The standard InChI is InChI=1S/C16H14Cl2N2O4/c1-23-14-6-9(5-13(18)15(14)24-2)8-19-20-10-3-4-12(17)11(7-10)16(21)22/h3-8,20H,1-2H3,(H,21,22)/p-1. The number of rotatable bonds is 6. The highest BCUT2D eigenvalue weighted by Gasteiger charge is 2.10. The number of aromatic carboxylic acids is 1. The molecule has 2 aromatic rings. The number of carboxylic acids is 1. The summed E-state index contributed by atoms with van der Waals surface area (Å²) in [4.78, 5) is 10.9. The van der Waals surface area contributed by atoms with Gasteiger partial charge in [-0.2, -0.15) is 5.10 Å². The molecule has 0 saturated heterocycles. The van der Waals surface area contributed by atoms with Crippen molar-refractivity contribution in [2.24, 2.45) is 5.10 Å². The van der Waals surface area contributed by atoms with E-state index in [1.165, 1.54) is 32.6 Å². The van der Waals surface area contributed by atoms with Gasteiger partial charge in [-0.05, 0) is 35.9 Å². The first-order chi connectivity index (χ1) is 11.5. The topological polar surface area (TPSA) is 83.0 Å². The van der Waals surface area contributed by atoms with E-state index in [0.717, 1.165) is 0 Å². The number of halogens is 2. The maximum atomic E-state index is 10.9. The van der Waals surface area contributed by atoms with Crippen LogP contribution in [-0.4, -0.2) is 26.4 Å². The molecule has 2 aromatic carbocycles. The molecule has 0 aromatic heterocycles. The number of benzene rings is 2. The van der Waals surface area contributed by atoms with Gasteiger partial charge < -0.3 is 19.4 Å². The van der Waals surface area contributed by atoms with E-state index in [0.29, 0.717) is 27.8 Å². The van der Waals surface area contributed by atoms with Crippen LogP contribution in [0.25, 0.3) is 0 Å². The monoisotopic (exact) mass is 367 g/mol. The summed E-state index contributed by atoms with van der Waals surface area (Å²) in [6.45, 7) is 0. The molecule has 0 amide bonds. The highest BCUT2D eigenvalue weighted by atomic mass is 35.5. The van der Waals surface area contributed by atoms with E-state index in [9.17, 15) is 9.90 Å². The first-order valence-corrected chi connectivity index (χ1v) is 7.43. The van der Waals surface area contributed by atoms with Crippen LogP contribution in [0.1, 0.15) is 15.9 Å². The zero-order valence-corrected chi connectivity index (χ0v) is 14.3.